The molecule has 2 aromatic rings. The molecule has 3 aliphatic heterocycles. The number of aliphatic hydroxyl groups excluding tert-OH is 1. The molecule has 11 heteroatoms. The summed E-state index contributed by atoms with van der Waals surface area (Å²) in [6, 6.07) is 0.237. The van der Waals surface area contributed by atoms with Gasteiger partial charge in [-0.1, -0.05) is 0 Å². The highest BCUT2D eigenvalue weighted by molar-refractivity contribution is 6.28. The van der Waals surface area contributed by atoms with Crippen molar-refractivity contribution < 1.29 is 24.1 Å². The van der Waals surface area contributed by atoms with Crippen LogP contribution in [0.2, 0.25) is 5.28 Å². The maximum absolute atomic E-state index is 9.73. The molecular weight excluding hydrogens is 402 g/mol. The predicted molar refractivity (Wildman–Crippen MR) is 103 cm³/mol. The summed E-state index contributed by atoms with van der Waals surface area (Å²) in [5, 5.41) is 13.3. The number of imidazole rings is 1. The molecule has 0 radical (unpaired) electrons. The summed E-state index contributed by atoms with van der Waals surface area (Å²) in [5.74, 6) is -0.174. The number of ether oxygens (including phenoxy) is 4. The lowest BCUT2D eigenvalue weighted by molar-refractivity contribution is -0.199. The minimum atomic E-state index is -0.760. The summed E-state index contributed by atoms with van der Waals surface area (Å²) in [6.45, 7) is 4.94. The molecule has 2 aromatic heterocycles. The van der Waals surface area contributed by atoms with Crippen LogP contribution in [-0.4, -0.2) is 74.6 Å². The average molecular weight is 426 g/mol. The van der Waals surface area contributed by atoms with Crippen molar-refractivity contribution in [1.82, 2.24) is 19.5 Å². The highest BCUT2D eigenvalue weighted by atomic mass is 35.5. The summed E-state index contributed by atoms with van der Waals surface area (Å²) in [4.78, 5) is 13.3. The third-order valence-electron chi connectivity index (χ3n) is 5.54. The van der Waals surface area contributed by atoms with Crippen molar-refractivity contribution in [2.75, 3.05) is 25.1 Å². The highest BCUT2D eigenvalue weighted by Gasteiger charge is 2.56. The van der Waals surface area contributed by atoms with Crippen LogP contribution >= 0.6 is 11.6 Å². The van der Waals surface area contributed by atoms with E-state index >= 15 is 0 Å². The van der Waals surface area contributed by atoms with Crippen LogP contribution in [0.25, 0.3) is 11.2 Å². The molecule has 0 unspecified atom stereocenters. The number of halogens is 1. The molecule has 3 fully saturated rings. The molecule has 5 rings (SSSR count). The third kappa shape index (κ3) is 3.47. The van der Waals surface area contributed by atoms with Gasteiger partial charge in [-0.15, -0.1) is 0 Å². The normalized spacial score (nSPS) is 32.0. The lowest BCUT2D eigenvalue weighted by atomic mass is 10.1. The van der Waals surface area contributed by atoms with E-state index in [9.17, 15) is 5.11 Å². The zero-order valence-electron chi connectivity index (χ0n) is 16.2. The summed E-state index contributed by atoms with van der Waals surface area (Å²) in [6.07, 6.45) is 1.58. The van der Waals surface area contributed by atoms with Crippen molar-refractivity contribution in [3.05, 3.63) is 11.6 Å². The van der Waals surface area contributed by atoms with E-state index in [1.165, 1.54) is 0 Å². The van der Waals surface area contributed by atoms with E-state index in [1.54, 1.807) is 10.9 Å². The van der Waals surface area contributed by atoms with E-state index in [0.717, 1.165) is 12.8 Å². The third-order valence-corrected chi connectivity index (χ3v) is 5.70. The number of aromatic nitrogens is 4. The molecule has 29 heavy (non-hydrogen) atoms. The molecule has 4 atom stereocenters. The second kappa shape index (κ2) is 7.29. The van der Waals surface area contributed by atoms with Gasteiger partial charge in [0.2, 0.25) is 5.28 Å². The largest absolute Gasteiger partial charge is 0.394 e. The van der Waals surface area contributed by atoms with Crippen LogP contribution in [0.4, 0.5) is 5.82 Å². The minimum absolute atomic E-state index is 0.117. The summed E-state index contributed by atoms with van der Waals surface area (Å²) < 4.78 is 25.2. The molecule has 0 aliphatic carbocycles. The van der Waals surface area contributed by atoms with Gasteiger partial charge in [0.15, 0.2) is 29.0 Å². The van der Waals surface area contributed by atoms with Crippen LogP contribution in [0.15, 0.2) is 6.33 Å². The zero-order chi connectivity index (χ0) is 20.2. The molecule has 0 bridgehead atoms. The number of aliphatic hydroxyl groups is 1. The Balaban J connectivity index is 1.49. The Morgan fingerprint density at radius 1 is 1.24 bits per heavy atom. The number of anilines is 1. The zero-order valence-corrected chi connectivity index (χ0v) is 17.0. The van der Waals surface area contributed by atoms with Gasteiger partial charge in [0.25, 0.3) is 0 Å². The molecule has 3 saturated heterocycles. The molecule has 158 valence electrons. The summed E-state index contributed by atoms with van der Waals surface area (Å²) in [7, 11) is 0. The summed E-state index contributed by atoms with van der Waals surface area (Å²) >= 11 is 6.22. The van der Waals surface area contributed by atoms with Gasteiger partial charge in [-0.2, -0.15) is 9.97 Å². The quantitative estimate of drug-likeness (QED) is 0.703. The van der Waals surface area contributed by atoms with Gasteiger partial charge in [-0.05, 0) is 38.3 Å². The number of hydrogen-bond acceptors (Lipinski definition) is 9. The second-order valence-electron chi connectivity index (χ2n) is 8.01. The second-order valence-corrected chi connectivity index (χ2v) is 8.35. The fraction of sp³-hybridized carbons (Fsp3) is 0.722. The maximum Gasteiger partial charge on any atom is 0.226 e. The molecular formula is C18H24ClN5O5. The number of rotatable bonds is 4. The Kier molecular flexibility index (Phi) is 4.88. The smallest absolute Gasteiger partial charge is 0.226 e. The van der Waals surface area contributed by atoms with Crippen molar-refractivity contribution >= 4 is 28.6 Å². The van der Waals surface area contributed by atoms with E-state index in [4.69, 9.17) is 30.5 Å². The first-order valence-electron chi connectivity index (χ1n) is 9.81. The van der Waals surface area contributed by atoms with Gasteiger partial charge < -0.3 is 29.4 Å². The van der Waals surface area contributed by atoms with Crippen LogP contribution in [0.1, 0.15) is 32.9 Å². The lowest BCUT2D eigenvalue weighted by Crippen LogP contribution is -2.31. The van der Waals surface area contributed by atoms with E-state index in [1.807, 2.05) is 13.8 Å². The lowest BCUT2D eigenvalue weighted by Gasteiger charge is -2.24. The highest BCUT2D eigenvalue weighted by Crippen LogP contribution is 2.43. The van der Waals surface area contributed by atoms with Crippen LogP contribution in [0.3, 0.4) is 0 Å². The topological polar surface area (TPSA) is 113 Å². The Bertz CT molecular complexity index is 902. The summed E-state index contributed by atoms with van der Waals surface area (Å²) in [5.41, 5.74) is 1.14. The van der Waals surface area contributed by atoms with Crippen molar-refractivity contribution in [2.24, 2.45) is 0 Å². The molecule has 0 saturated carbocycles. The Labute approximate surface area is 172 Å². The van der Waals surface area contributed by atoms with E-state index < -0.39 is 24.2 Å². The SMILES string of the molecule is CC1(C)O[C@@H]2[C@H](O1)[C@@H](CO)O[C@H]2n1cnc2c(NC3CCOCC3)nc(Cl)nc21. The van der Waals surface area contributed by atoms with Gasteiger partial charge in [-0.3, -0.25) is 4.57 Å². The fourth-order valence-electron chi connectivity index (χ4n) is 4.24. The van der Waals surface area contributed by atoms with Gasteiger partial charge in [0, 0.05) is 19.3 Å². The number of hydrogen-bond donors (Lipinski definition) is 2. The van der Waals surface area contributed by atoms with Gasteiger partial charge in [0.05, 0.1) is 12.9 Å². The van der Waals surface area contributed by atoms with Crippen LogP contribution in [0.5, 0.6) is 0 Å². The Hall–Kier alpha value is -1.56. The maximum atomic E-state index is 9.73. The molecule has 3 aliphatic rings. The van der Waals surface area contributed by atoms with Crippen LogP contribution in [0, 0.1) is 0 Å². The van der Waals surface area contributed by atoms with E-state index in [-0.39, 0.29) is 24.0 Å². The van der Waals surface area contributed by atoms with Crippen LogP contribution in [-0.2, 0) is 18.9 Å². The molecule has 0 spiro atoms. The van der Waals surface area contributed by atoms with Crippen molar-refractivity contribution in [3.63, 3.8) is 0 Å². The first-order chi connectivity index (χ1) is 13.9. The van der Waals surface area contributed by atoms with Crippen molar-refractivity contribution in [3.8, 4) is 0 Å². The van der Waals surface area contributed by atoms with E-state index in [2.05, 4.69) is 20.3 Å². The molecule has 2 N–H and O–H groups in total. The van der Waals surface area contributed by atoms with Gasteiger partial charge in [0.1, 0.15) is 18.3 Å². The van der Waals surface area contributed by atoms with Gasteiger partial charge >= 0.3 is 0 Å². The average Bonchev–Trinajstić information content (AvgIpc) is 3.33. The van der Waals surface area contributed by atoms with Crippen molar-refractivity contribution in [1.29, 1.82) is 0 Å². The minimum Gasteiger partial charge on any atom is -0.394 e. The molecule has 10 nitrogen and oxygen atoms in total. The number of nitrogens with zero attached hydrogens (tertiary/aromatic N) is 4. The van der Waals surface area contributed by atoms with Crippen molar-refractivity contribution in [2.45, 2.75) is 63.1 Å². The Morgan fingerprint density at radius 2 is 2.00 bits per heavy atom. The standard InChI is InChI=1S/C18H24ClN5O5/c1-18(2)28-12-10(7-25)27-16(13(12)29-18)24-8-20-11-14(22-17(19)23-15(11)24)21-9-3-5-26-6-4-9/h8-10,12-13,16,25H,3-7H2,1-2H3,(H,21,22,23)/t10-,12-,13-,16-/m1/s1. The molecule has 0 amide bonds. The number of nitrogens with one attached hydrogen (secondary N) is 1. The monoisotopic (exact) mass is 425 g/mol. The van der Waals surface area contributed by atoms with Crippen LogP contribution < -0.4 is 5.32 Å². The molecule has 0 aromatic carbocycles. The predicted octanol–water partition coefficient (Wildman–Crippen LogP) is 1.48. The van der Waals surface area contributed by atoms with E-state index in [0.29, 0.717) is 30.2 Å². The number of fused-ring (bicyclic) bond motifs is 2. The Morgan fingerprint density at radius 3 is 2.76 bits per heavy atom. The van der Waals surface area contributed by atoms with Gasteiger partial charge in [-0.25, -0.2) is 4.98 Å². The molecule has 5 heterocycles. The first kappa shape index (κ1) is 19.4. The fourth-order valence-corrected chi connectivity index (χ4v) is 4.41. The first-order valence-corrected chi connectivity index (χ1v) is 10.2.